The molecular formula is C16H36O2Si. The van der Waals surface area contributed by atoms with E-state index >= 15 is 0 Å². The molecule has 2 nitrogen and oxygen atoms in total. The number of rotatable bonds is 12. The molecule has 0 saturated carbocycles. The van der Waals surface area contributed by atoms with Gasteiger partial charge < -0.3 is 8.85 Å². The van der Waals surface area contributed by atoms with Gasteiger partial charge in [-0.2, -0.15) is 0 Å². The monoisotopic (exact) mass is 288 g/mol. The summed E-state index contributed by atoms with van der Waals surface area (Å²) in [5.41, 5.74) is 1.05. The summed E-state index contributed by atoms with van der Waals surface area (Å²) < 4.78 is 12.7. The van der Waals surface area contributed by atoms with Crippen LogP contribution in [-0.4, -0.2) is 21.8 Å². The standard InChI is InChI=1S/C16H36O2Si/c1-7-9-11-13-17-19(15(3)4,16(5)6)18-14-12-10-8-2/h15-16H,7-14H2,1-6H3. The third kappa shape index (κ3) is 6.91. The van der Waals surface area contributed by atoms with Gasteiger partial charge >= 0.3 is 8.56 Å². The van der Waals surface area contributed by atoms with E-state index in [2.05, 4.69) is 41.5 Å². The van der Waals surface area contributed by atoms with Gasteiger partial charge in [0.15, 0.2) is 0 Å². The number of unbranched alkanes of at least 4 members (excludes halogenated alkanes) is 4. The van der Waals surface area contributed by atoms with Crippen LogP contribution in [0, 0.1) is 0 Å². The Morgan fingerprint density at radius 2 is 1.05 bits per heavy atom. The molecule has 0 aromatic heterocycles. The van der Waals surface area contributed by atoms with Crippen LogP contribution in [0.2, 0.25) is 11.1 Å². The summed E-state index contributed by atoms with van der Waals surface area (Å²) in [5.74, 6) is 0. The van der Waals surface area contributed by atoms with Crippen molar-refractivity contribution in [3.63, 3.8) is 0 Å². The Morgan fingerprint density at radius 3 is 1.32 bits per heavy atom. The van der Waals surface area contributed by atoms with Crippen molar-refractivity contribution in [1.82, 2.24) is 0 Å². The van der Waals surface area contributed by atoms with Crippen molar-refractivity contribution in [3.05, 3.63) is 0 Å². The van der Waals surface area contributed by atoms with E-state index in [9.17, 15) is 0 Å². The molecule has 0 aromatic carbocycles. The summed E-state index contributed by atoms with van der Waals surface area (Å²) in [4.78, 5) is 0. The highest BCUT2D eigenvalue weighted by atomic mass is 28.4. The van der Waals surface area contributed by atoms with E-state index in [1.165, 1.54) is 38.5 Å². The van der Waals surface area contributed by atoms with Gasteiger partial charge in [-0.25, -0.2) is 0 Å². The Hall–Kier alpha value is 0.137. The third-order valence-electron chi connectivity index (χ3n) is 3.76. The van der Waals surface area contributed by atoms with E-state index in [1.54, 1.807) is 0 Å². The molecule has 0 N–H and O–H groups in total. The smallest absolute Gasteiger partial charge is 0.343 e. The fourth-order valence-electron chi connectivity index (χ4n) is 2.54. The highest BCUT2D eigenvalue weighted by molar-refractivity contribution is 6.70. The highest BCUT2D eigenvalue weighted by Crippen LogP contribution is 2.34. The van der Waals surface area contributed by atoms with Gasteiger partial charge in [0, 0.05) is 13.2 Å². The predicted molar refractivity (Wildman–Crippen MR) is 86.9 cm³/mol. The third-order valence-corrected chi connectivity index (χ3v) is 8.29. The maximum atomic E-state index is 6.35. The molecular weight excluding hydrogens is 252 g/mol. The van der Waals surface area contributed by atoms with Crippen LogP contribution in [0.5, 0.6) is 0 Å². The lowest BCUT2D eigenvalue weighted by Gasteiger charge is -2.37. The van der Waals surface area contributed by atoms with Crippen LogP contribution < -0.4 is 0 Å². The molecule has 0 aliphatic heterocycles. The minimum absolute atomic E-state index is 0.524. The minimum Gasteiger partial charge on any atom is -0.394 e. The molecule has 0 fully saturated rings. The fraction of sp³-hybridized carbons (Fsp3) is 1.00. The van der Waals surface area contributed by atoms with Crippen molar-refractivity contribution in [3.8, 4) is 0 Å². The van der Waals surface area contributed by atoms with Gasteiger partial charge in [0.1, 0.15) is 0 Å². The predicted octanol–water partition coefficient (Wildman–Crippen LogP) is 5.66. The van der Waals surface area contributed by atoms with Crippen LogP contribution in [-0.2, 0) is 8.85 Å². The van der Waals surface area contributed by atoms with Crippen LogP contribution in [0.15, 0.2) is 0 Å². The number of hydrogen-bond donors (Lipinski definition) is 0. The van der Waals surface area contributed by atoms with Crippen molar-refractivity contribution in [2.75, 3.05) is 13.2 Å². The maximum Gasteiger partial charge on any atom is 0.343 e. The summed E-state index contributed by atoms with van der Waals surface area (Å²) in [6.07, 6.45) is 7.36. The molecule has 0 spiro atoms. The van der Waals surface area contributed by atoms with Gasteiger partial charge in [0.2, 0.25) is 0 Å². The van der Waals surface area contributed by atoms with E-state index in [1.807, 2.05) is 0 Å². The second-order valence-electron chi connectivity index (χ2n) is 6.14. The van der Waals surface area contributed by atoms with Gasteiger partial charge in [0.25, 0.3) is 0 Å². The Balaban J connectivity index is 4.41. The highest BCUT2D eigenvalue weighted by Gasteiger charge is 2.44. The minimum atomic E-state index is -2.05. The molecule has 0 heterocycles. The Kier molecular flexibility index (Phi) is 10.9. The average molecular weight is 289 g/mol. The number of hydrogen-bond acceptors (Lipinski definition) is 2. The van der Waals surface area contributed by atoms with Crippen LogP contribution in [0.25, 0.3) is 0 Å². The van der Waals surface area contributed by atoms with Crippen molar-refractivity contribution in [2.45, 2.75) is 91.1 Å². The van der Waals surface area contributed by atoms with Gasteiger partial charge in [0.05, 0.1) is 0 Å². The van der Waals surface area contributed by atoms with Crippen molar-refractivity contribution in [1.29, 1.82) is 0 Å². The fourth-order valence-corrected chi connectivity index (χ4v) is 6.22. The van der Waals surface area contributed by atoms with Crippen LogP contribution in [0.4, 0.5) is 0 Å². The van der Waals surface area contributed by atoms with Gasteiger partial charge in [-0.3, -0.25) is 0 Å². The molecule has 0 saturated heterocycles. The summed E-state index contributed by atoms with van der Waals surface area (Å²) in [5, 5.41) is 0. The maximum absolute atomic E-state index is 6.35. The molecule has 0 bridgehead atoms. The molecule has 116 valence electrons. The van der Waals surface area contributed by atoms with Crippen molar-refractivity contribution < 1.29 is 8.85 Å². The zero-order valence-electron chi connectivity index (χ0n) is 14.1. The van der Waals surface area contributed by atoms with Crippen LogP contribution in [0.3, 0.4) is 0 Å². The SMILES string of the molecule is CCCCCO[Si](OCCCCC)(C(C)C)C(C)C. The average Bonchev–Trinajstić information content (AvgIpc) is 2.36. The quantitative estimate of drug-likeness (QED) is 0.340. The van der Waals surface area contributed by atoms with E-state index in [0.29, 0.717) is 11.1 Å². The molecule has 0 aliphatic carbocycles. The second-order valence-corrected chi connectivity index (χ2v) is 10.5. The summed E-state index contributed by atoms with van der Waals surface area (Å²) in [6, 6.07) is 0. The Bertz CT molecular complexity index is 183. The molecule has 0 atom stereocenters. The Morgan fingerprint density at radius 1 is 0.684 bits per heavy atom. The lowest BCUT2D eigenvalue weighted by Crippen LogP contribution is -2.48. The molecule has 0 amide bonds. The first-order valence-electron chi connectivity index (χ1n) is 8.29. The topological polar surface area (TPSA) is 18.5 Å². The molecule has 3 heteroatoms. The van der Waals surface area contributed by atoms with Gasteiger partial charge in [-0.15, -0.1) is 0 Å². The second kappa shape index (κ2) is 10.9. The van der Waals surface area contributed by atoms with Crippen molar-refractivity contribution >= 4 is 8.56 Å². The van der Waals surface area contributed by atoms with Crippen LogP contribution >= 0.6 is 0 Å². The zero-order chi connectivity index (χ0) is 14.7. The summed E-state index contributed by atoms with van der Waals surface area (Å²) in [7, 11) is -2.05. The zero-order valence-corrected chi connectivity index (χ0v) is 15.1. The lowest BCUT2D eigenvalue weighted by atomic mass is 10.3. The normalized spacial score (nSPS) is 12.6. The molecule has 0 rings (SSSR count). The Labute approximate surface area is 122 Å². The van der Waals surface area contributed by atoms with E-state index < -0.39 is 8.56 Å². The summed E-state index contributed by atoms with van der Waals surface area (Å²) >= 11 is 0. The first-order chi connectivity index (χ1) is 9.01. The van der Waals surface area contributed by atoms with E-state index in [4.69, 9.17) is 8.85 Å². The lowest BCUT2D eigenvalue weighted by molar-refractivity contribution is 0.148. The van der Waals surface area contributed by atoms with Gasteiger partial charge in [-0.05, 0) is 23.9 Å². The molecule has 19 heavy (non-hydrogen) atoms. The largest absolute Gasteiger partial charge is 0.394 e. The molecule has 0 unspecified atom stereocenters. The first-order valence-corrected chi connectivity index (χ1v) is 10.3. The molecule has 0 radical (unpaired) electrons. The van der Waals surface area contributed by atoms with Crippen molar-refractivity contribution in [2.24, 2.45) is 0 Å². The van der Waals surface area contributed by atoms with E-state index in [-0.39, 0.29) is 0 Å². The molecule has 0 aliphatic rings. The van der Waals surface area contributed by atoms with E-state index in [0.717, 1.165) is 13.2 Å². The molecule has 0 aromatic rings. The first kappa shape index (κ1) is 19.1. The van der Waals surface area contributed by atoms with Gasteiger partial charge in [-0.1, -0.05) is 67.2 Å². The summed E-state index contributed by atoms with van der Waals surface area (Å²) in [6.45, 7) is 15.3. The van der Waals surface area contributed by atoms with Crippen LogP contribution in [0.1, 0.15) is 80.1 Å².